The van der Waals surface area contributed by atoms with Crippen LogP contribution < -0.4 is 10.9 Å². The molecule has 0 unspecified atom stereocenters. The Morgan fingerprint density at radius 1 is 1.24 bits per heavy atom. The van der Waals surface area contributed by atoms with Crippen molar-refractivity contribution in [2.45, 2.75) is 51.3 Å². The number of hydrogen-bond donors (Lipinski definition) is 2. The molecule has 1 aromatic heterocycles. The van der Waals surface area contributed by atoms with Gasteiger partial charge in [0.1, 0.15) is 0 Å². The molecule has 2 N–H and O–H groups in total. The first-order chi connectivity index (χ1) is 11.7. The van der Waals surface area contributed by atoms with E-state index < -0.39 is 0 Å². The van der Waals surface area contributed by atoms with Crippen molar-refractivity contribution in [3.63, 3.8) is 0 Å². The van der Waals surface area contributed by atoms with Crippen molar-refractivity contribution >= 4 is 29.3 Å². The third kappa shape index (κ3) is 4.89. The van der Waals surface area contributed by atoms with Crippen molar-refractivity contribution in [1.82, 2.24) is 10.3 Å². The van der Waals surface area contributed by atoms with Gasteiger partial charge in [0.05, 0.1) is 0 Å². The lowest BCUT2D eigenvalue weighted by Gasteiger charge is -2.14. The van der Waals surface area contributed by atoms with Crippen LogP contribution in [0.1, 0.15) is 46.6 Å². The van der Waals surface area contributed by atoms with Gasteiger partial charge in [-0.25, -0.2) is 0 Å². The molecule has 0 aliphatic heterocycles. The summed E-state index contributed by atoms with van der Waals surface area (Å²) in [5.41, 5.74) is 3.50. The van der Waals surface area contributed by atoms with Crippen LogP contribution in [0.15, 0.2) is 27.9 Å². The third-order valence-electron chi connectivity index (χ3n) is 3.85. The number of H-pyrrole nitrogens is 1. The van der Waals surface area contributed by atoms with Gasteiger partial charge in [-0.05, 0) is 50.1 Å². The van der Waals surface area contributed by atoms with E-state index in [1.54, 1.807) is 17.8 Å². The highest BCUT2D eigenvalue weighted by atomic mass is 35.5. The van der Waals surface area contributed by atoms with E-state index in [0.29, 0.717) is 21.4 Å². The number of carbonyl (C=O) groups excluding carboxylic acids is 1. The summed E-state index contributed by atoms with van der Waals surface area (Å²) in [6.45, 7) is 9.99. The average molecular weight is 379 g/mol. The molecule has 2 aromatic rings. The number of halogens is 1. The van der Waals surface area contributed by atoms with Gasteiger partial charge in [-0.3, -0.25) is 9.59 Å². The molecule has 0 spiro atoms. The van der Waals surface area contributed by atoms with Crippen molar-refractivity contribution in [3.8, 4) is 0 Å². The van der Waals surface area contributed by atoms with Crippen LogP contribution in [0.5, 0.6) is 0 Å². The van der Waals surface area contributed by atoms with E-state index >= 15 is 0 Å². The Morgan fingerprint density at radius 2 is 1.92 bits per heavy atom. The first-order valence-corrected chi connectivity index (χ1v) is 9.39. The second kappa shape index (κ2) is 8.11. The Balaban J connectivity index is 2.25. The molecule has 0 bridgehead atoms. The second-order valence-corrected chi connectivity index (χ2v) is 8.42. The lowest BCUT2D eigenvalue weighted by atomic mass is 10.1. The van der Waals surface area contributed by atoms with Crippen LogP contribution in [-0.2, 0) is 6.54 Å². The van der Waals surface area contributed by atoms with Crippen LogP contribution in [0, 0.1) is 20.8 Å². The maximum atomic E-state index is 12.6. The lowest BCUT2D eigenvalue weighted by Crippen LogP contribution is -2.28. The predicted molar refractivity (Wildman–Crippen MR) is 105 cm³/mol. The largest absolute Gasteiger partial charge is 0.348 e. The van der Waals surface area contributed by atoms with Crippen LogP contribution in [0.25, 0.3) is 0 Å². The molecule has 0 saturated heterocycles. The average Bonchev–Trinajstić information content (AvgIpc) is 2.48. The number of amides is 1. The van der Waals surface area contributed by atoms with Crippen LogP contribution >= 0.6 is 23.4 Å². The van der Waals surface area contributed by atoms with Crippen molar-refractivity contribution < 1.29 is 4.79 Å². The molecule has 1 aromatic carbocycles. The van der Waals surface area contributed by atoms with E-state index in [0.717, 1.165) is 21.7 Å². The Bertz CT molecular complexity index is 859. The monoisotopic (exact) mass is 378 g/mol. The predicted octanol–water partition coefficient (Wildman–Crippen LogP) is 4.38. The van der Waals surface area contributed by atoms with E-state index in [2.05, 4.69) is 24.1 Å². The van der Waals surface area contributed by atoms with Crippen LogP contribution in [0.4, 0.5) is 0 Å². The number of rotatable bonds is 5. The molecule has 2 rings (SSSR count). The number of thioether (sulfide) groups is 1. The minimum atomic E-state index is -0.231. The molecule has 25 heavy (non-hydrogen) atoms. The van der Waals surface area contributed by atoms with Gasteiger partial charge in [0.15, 0.2) is 0 Å². The number of nitrogens with one attached hydrogen (secondary N) is 2. The molecule has 4 nitrogen and oxygen atoms in total. The highest BCUT2D eigenvalue weighted by Crippen LogP contribution is 2.31. The number of aromatic nitrogens is 1. The summed E-state index contributed by atoms with van der Waals surface area (Å²) < 4.78 is 0. The van der Waals surface area contributed by atoms with Gasteiger partial charge in [-0.15, -0.1) is 11.8 Å². The van der Waals surface area contributed by atoms with Gasteiger partial charge in [0.2, 0.25) is 0 Å². The van der Waals surface area contributed by atoms with Crippen molar-refractivity contribution in [2.24, 2.45) is 0 Å². The summed E-state index contributed by atoms with van der Waals surface area (Å²) >= 11 is 7.86. The number of pyridine rings is 1. The zero-order chi connectivity index (χ0) is 18.7. The van der Waals surface area contributed by atoms with E-state index in [4.69, 9.17) is 11.6 Å². The number of aryl methyl sites for hydroxylation is 2. The Hall–Kier alpha value is -1.72. The number of hydrogen-bond acceptors (Lipinski definition) is 3. The topological polar surface area (TPSA) is 62.0 Å². The van der Waals surface area contributed by atoms with Gasteiger partial charge in [0.25, 0.3) is 11.5 Å². The molecule has 6 heteroatoms. The Morgan fingerprint density at radius 3 is 2.52 bits per heavy atom. The Labute approximate surface area is 157 Å². The first kappa shape index (κ1) is 19.6. The highest BCUT2D eigenvalue weighted by Gasteiger charge is 2.16. The highest BCUT2D eigenvalue weighted by molar-refractivity contribution is 8.00. The zero-order valence-corrected chi connectivity index (χ0v) is 16.7. The molecule has 0 aliphatic rings. The van der Waals surface area contributed by atoms with Gasteiger partial charge in [-0.1, -0.05) is 25.4 Å². The van der Waals surface area contributed by atoms with Gasteiger partial charge in [-0.2, -0.15) is 0 Å². The lowest BCUT2D eigenvalue weighted by molar-refractivity contribution is 0.0950. The van der Waals surface area contributed by atoms with Crippen LogP contribution in [0.3, 0.4) is 0 Å². The van der Waals surface area contributed by atoms with E-state index in [1.807, 2.05) is 32.9 Å². The number of aromatic amines is 1. The fourth-order valence-electron chi connectivity index (χ4n) is 2.63. The van der Waals surface area contributed by atoms with Crippen molar-refractivity contribution in [2.75, 3.05) is 0 Å². The van der Waals surface area contributed by atoms with Gasteiger partial charge >= 0.3 is 0 Å². The van der Waals surface area contributed by atoms with Gasteiger partial charge < -0.3 is 10.3 Å². The summed E-state index contributed by atoms with van der Waals surface area (Å²) in [6, 6.07) is 5.45. The smallest absolute Gasteiger partial charge is 0.253 e. The number of carbonyl (C=O) groups is 1. The van der Waals surface area contributed by atoms with Crippen molar-refractivity contribution in [3.05, 3.63) is 61.5 Å². The summed E-state index contributed by atoms with van der Waals surface area (Å²) in [6.07, 6.45) is 0. The standard InChI is InChI=1S/C19H23ClN2O2S/c1-10(2)25-17-8-14(20)7-15(13(17)5)18(23)21-9-16-11(3)6-12(4)22-19(16)24/h6-8,10H,9H2,1-5H3,(H,21,23)(H,22,24). The summed E-state index contributed by atoms with van der Waals surface area (Å²) in [5, 5.41) is 3.76. The SMILES string of the molecule is Cc1cc(C)c(CNC(=O)c2cc(Cl)cc(SC(C)C)c2C)c(=O)[nH]1. The summed E-state index contributed by atoms with van der Waals surface area (Å²) in [4.78, 5) is 28.5. The van der Waals surface area contributed by atoms with E-state index in [1.165, 1.54) is 0 Å². The molecular formula is C19H23ClN2O2S. The normalized spacial score (nSPS) is 11.0. The first-order valence-electron chi connectivity index (χ1n) is 8.13. The van der Waals surface area contributed by atoms with E-state index in [-0.39, 0.29) is 18.0 Å². The van der Waals surface area contributed by atoms with Gasteiger partial charge in [0, 0.05) is 38.5 Å². The molecule has 0 fully saturated rings. The zero-order valence-electron chi connectivity index (χ0n) is 15.1. The quantitative estimate of drug-likeness (QED) is 0.759. The maximum absolute atomic E-state index is 12.6. The fraction of sp³-hybridized carbons (Fsp3) is 0.368. The molecular weight excluding hydrogens is 356 g/mol. The Kier molecular flexibility index (Phi) is 6.36. The van der Waals surface area contributed by atoms with E-state index in [9.17, 15) is 9.59 Å². The fourth-order valence-corrected chi connectivity index (χ4v) is 3.90. The number of benzene rings is 1. The molecule has 0 aliphatic carbocycles. The molecule has 0 atom stereocenters. The third-order valence-corrected chi connectivity index (χ3v) is 5.22. The maximum Gasteiger partial charge on any atom is 0.253 e. The van der Waals surface area contributed by atoms with Crippen LogP contribution in [0.2, 0.25) is 5.02 Å². The minimum absolute atomic E-state index is 0.170. The summed E-state index contributed by atoms with van der Waals surface area (Å²) in [5.74, 6) is -0.231. The minimum Gasteiger partial charge on any atom is -0.348 e. The molecule has 1 heterocycles. The van der Waals surface area contributed by atoms with Crippen molar-refractivity contribution in [1.29, 1.82) is 0 Å². The molecule has 1 amide bonds. The second-order valence-electron chi connectivity index (χ2n) is 6.37. The van der Waals surface area contributed by atoms with Crippen LogP contribution in [-0.4, -0.2) is 16.1 Å². The molecule has 134 valence electrons. The molecule has 0 saturated carbocycles. The molecule has 0 radical (unpaired) electrons. The summed E-state index contributed by atoms with van der Waals surface area (Å²) in [7, 11) is 0.